The topological polar surface area (TPSA) is 45.5 Å². The van der Waals surface area contributed by atoms with Crippen LogP contribution in [0.15, 0.2) is 59.5 Å². The highest BCUT2D eigenvalue weighted by molar-refractivity contribution is 8.01. The molecular weight excluding hydrogens is 458 g/mol. The summed E-state index contributed by atoms with van der Waals surface area (Å²) in [4.78, 5) is 0.868. The van der Waals surface area contributed by atoms with Crippen molar-refractivity contribution < 1.29 is 9.05 Å². The average Bonchev–Trinajstić information content (AvgIpc) is 2.72. The number of hydrogen-bond donors (Lipinski definition) is 0. The molecule has 0 radical (unpaired) electrons. The van der Waals surface area contributed by atoms with Gasteiger partial charge in [-0.25, -0.2) is 0 Å². The molecule has 0 saturated carbocycles. The minimum absolute atomic E-state index is 0.481. The van der Waals surface area contributed by atoms with Crippen molar-refractivity contribution in [3.63, 3.8) is 0 Å². The molecule has 0 fully saturated rings. The van der Waals surface area contributed by atoms with Gasteiger partial charge in [-0.15, -0.1) is 0 Å². The van der Waals surface area contributed by atoms with Gasteiger partial charge in [0.05, 0.1) is 30.8 Å². The second-order valence-electron chi connectivity index (χ2n) is 6.18. The standard InChI is InChI=1S/C22H21Cl2N2O2PS/c1-3-27-29(28-4-2)15-26(30-20-12-18(23)11-19(24)13-20)22-17(14-25)10-9-16-7-5-6-8-21(16)22/h5-13H,3-4,15H2,1-2H3. The molecule has 0 bridgehead atoms. The van der Waals surface area contributed by atoms with Crippen LogP contribution in [-0.2, 0) is 9.05 Å². The average molecular weight is 479 g/mol. The third kappa shape index (κ3) is 5.80. The molecule has 0 spiro atoms. The first kappa shape index (κ1) is 23.2. The lowest BCUT2D eigenvalue weighted by Crippen LogP contribution is -2.18. The zero-order valence-corrected chi connectivity index (χ0v) is 19.9. The molecule has 0 atom stereocenters. The molecule has 0 saturated heterocycles. The summed E-state index contributed by atoms with van der Waals surface area (Å²) in [6.45, 7) is 4.99. The first-order valence-corrected chi connectivity index (χ1v) is 12.3. The number of halogens is 2. The van der Waals surface area contributed by atoms with E-state index >= 15 is 0 Å². The van der Waals surface area contributed by atoms with Crippen molar-refractivity contribution in [2.24, 2.45) is 0 Å². The van der Waals surface area contributed by atoms with Gasteiger partial charge < -0.3 is 13.4 Å². The number of nitrogens with zero attached hydrogens (tertiary/aromatic N) is 2. The highest BCUT2D eigenvalue weighted by Crippen LogP contribution is 2.46. The maximum absolute atomic E-state index is 9.84. The number of hydrogen-bond acceptors (Lipinski definition) is 5. The molecule has 0 aliphatic heterocycles. The normalized spacial score (nSPS) is 11.1. The summed E-state index contributed by atoms with van der Waals surface area (Å²) in [6.07, 6.45) is 0.481. The first-order valence-electron chi connectivity index (χ1n) is 9.42. The largest absolute Gasteiger partial charge is 0.333 e. The van der Waals surface area contributed by atoms with E-state index in [1.807, 2.05) is 62.4 Å². The quantitative estimate of drug-likeness (QED) is 0.231. The summed E-state index contributed by atoms with van der Waals surface area (Å²) in [5.41, 5.74) is 1.40. The van der Waals surface area contributed by atoms with Crippen LogP contribution >= 0.6 is 43.5 Å². The molecule has 8 heteroatoms. The van der Waals surface area contributed by atoms with Gasteiger partial charge >= 0.3 is 0 Å². The zero-order valence-electron chi connectivity index (χ0n) is 16.6. The van der Waals surface area contributed by atoms with E-state index in [0.717, 1.165) is 21.4 Å². The van der Waals surface area contributed by atoms with Crippen LogP contribution in [0.1, 0.15) is 19.4 Å². The van der Waals surface area contributed by atoms with E-state index in [2.05, 4.69) is 10.4 Å². The SMILES string of the molecule is CCOP(CN(Sc1cc(Cl)cc(Cl)c1)c1c(C#N)ccc2ccccc12)OCC. The lowest BCUT2D eigenvalue weighted by molar-refractivity contribution is 0.270. The van der Waals surface area contributed by atoms with Crippen LogP contribution < -0.4 is 4.31 Å². The summed E-state index contributed by atoms with van der Waals surface area (Å²) in [6, 6.07) is 19.6. The molecule has 0 aliphatic carbocycles. The Balaban J connectivity index is 2.11. The maximum atomic E-state index is 9.84. The molecule has 3 aromatic carbocycles. The van der Waals surface area contributed by atoms with Crippen molar-refractivity contribution in [1.82, 2.24) is 0 Å². The van der Waals surface area contributed by atoms with Gasteiger partial charge in [0.15, 0.2) is 8.38 Å². The Kier molecular flexibility index (Phi) is 8.65. The molecule has 0 amide bonds. The van der Waals surface area contributed by atoms with Crippen LogP contribution in [0.2, 0.25) is 10.0 Å². The highest BCUT2D eigenvalue weighted by atomic mass is 35.5. The van der Waals surface area contributed by atoms with E-state index in [1.54, 1.807) is 6.07 Å². The van der Waals surface area contributed by atoms with Crippen LogP contribution in [0.3, 0.4) is 0 Å². The van der Waals surface area contributed by atoms with Gasteiger partial charge in [0.1, 0.15) is 6.07 Å². The van der Waals surface area contributed by atoms with E-state index in [-0.39, 0.29) is 0 Å². The summed E-state index contributed by atoms with van der Waals surface area (Å²) < 4.78 is 13.8. The molecule has 4 nitrogen and oxygen atoms in total. The molecule has 0 unspecified atom stereocenters. The Bertz CT molecular complexity index is 1030. The zero-order chi connectivity index (χ0) is 21.5. The smallest absolute Gasteiger partial charge is 0.192 e. The van der Waals surface area contributed by atoms with Crippen molar-refractivity contribution in [2.45, 2.75) is 18.7 Å². The summed E-state index contributed by atoms with van der Waals surface area (Å²) in [7, 11) is -1.18. The third-order valence-corrected chi connectivity index (χ3v) is 7.32. The van der Waals surface area contributed by atoms with E-state index in [9.17, 15) is 5.26 Å². The summed E-state index contributed by atoms with van der Waals surface area (Å²) >= 11 is 13.9. The third-order valence-electron chi connectivity index (χ3n) is 4.11. The van der Waals surface area contributed by atoms with Gasteiger partial charge in [-0.3, -0.25) is 0 Å². The number of nitriles is 1. The second kappa shape index (κ2) is 11.2. The van der Waals surface area contributed by atoms with Gasteiger partial charge in [0.2, 0.25) is 0 Å². The Hall–Kier alpha value is -1.51. The van der Waals surface area contributed by atoms with Gasteiger partial charge in [0.25, 0.3) is 0 Å². The number of fused-ring (bicyclic) bond motifs is 1. The van der Waals surface area contributed by atoms with Gasteiger partial charge in [-0.2, -0.15) is 5.26 Å². The fraction of sp³-hybridized carbons (Fsp3) is 0.227. The van der Waals surface area contributed by atoms with E-state index < -0.39 is 8.38 Å². The highest BCUT2D eigenvalue weighted by Gasteiger charge is 2.22. The van der Waals surface area contributed by atoms with Gasteiger partial charge in [0, 0.05) is 20.3 Å². The van der Waals surface area contributed by atoms with Crippen molar-refractivity contribution in [1.29, 1.82) is 5.26 Å². The molecule has 30 heavy (non-hydrogen) atoms. The van der Waals surface area contributed by atoms with Crippen LogP contribution in [0.5, 0.6) is 0 Å². The predicted molar refractivity (Wildman–Crippen MR) is 128 cm³/mol. The summed E-state index contributed by atoms with van der Waals surface area (Å²) in [5, 5.41) is 13.0. The van der Waals surface area contributed by atoms with E-state index in [0.29, 0.717) is 35.1 Å². The molecule has 0 heterocycles. The Morgan fingerprint density at radius 3 is 2.30 bits per heavy atom. The maximum Gasteiger partial charge on any atom is 0.192 e. The van der Waals surface area contributed by atoms with Crippen molar-refractivity contribution in [2.75, 3.05) is 23.8 Å². The Morgan fingerprint density at radius 2 is 1.67 bits per heavy atom. The lowest BCUT2D eigenvalue weighted by atomic mass is 10.0. The molecule has 3 aromatic rings. The van der Waals surface area contributed by atoms with Gasteiger partial charge in [-0.05, 0) is 55.4 Å². The molecule has 3 rings (SSSR count). The van der Waals surface area contributed by atoms with Crippen molar-refractivity contribution in [3.8, 4) is 6.07 Å². The van der Waals surface area contributed by atoms with E-state index in [4.69, 9.17) is 32.2 Å². The Labute approximate surface area is 192 Å². The molecule has 0 aromatic heterocycles. The molecule has 0 N–H and O–H groups in total. The Morgan fingerprint density at radius 1 is 1.00 bits per heavy atom. The van der Waals surface area contributed by atoms with Crippen molar-refractivity contribution >= 4 is 60.0 Å². The van der Waals surface area contributed by atoms with Crippen LogP contribution in [0.4, 0.5) is 5.69 Å². The lowest BCUT2D eigenvalue weighted by Gasteiger charge is -2.29. The van der Waals surface area contributed by atoms with Crippen LogP contribution in [0, 0.1) is 11.3 Å². The first-order chi connectivity index (χ1) is 14.5. The second-order valence-corrected chi connectivity index (χ2v) is 9.61. The van der Waals surface area contributed by atoms with Crippen LogP contribution in [-0.4, -0.2) is 19.5 Å². The fourth-order valence-corrected chi connectivity index (χ4v) is 6.22. The minimum atomic E-state index is -1.18. The number of rotatable bonds is 9. The van der Waals surface area contributed by atoms with Crippen molar-refractivity contribution in [3.05, 3.63) is 70.2 Å². The van der Waals surface area contributed by atoms with Gasteiger partial charge in [-0.1, -0.05) is 53.5 Å². The molecule has 156 valence electrons. The minimum Gasteiger partial charge on any atom is -0.333 e. The van der Waals surface area contributed by atoms with Crippen LogP contribution in [0.25, 0.3) is 10.8 Å². The monoisotopic (exact) mass is 478 g/mol. The predicted octanol–water partition coefficient (Wildman–Crippen LogP) is 7.87. The summed E-state index contributed by atoms with van der Waals surface area (Å²) in [5.74, 6) is 0. The molecule has 0 aliphatic rings. The fourth-order valence-electron chi connectivity index (χ4n) is 2.98. The number of benzene rings is 3. The number of anilines is 1. The van der Waals surface area contributed by atoms with E-state index in [1.165, 1.54) is 11.9 Å². The molecular formula is C22H21Cl2N2O2PS.